The van der Waals surface area contributed by atoms with Crippen LogP contribution in [0.25, 0.3) is 0 Å². The molecule has 0 radical (unpaired) electrons. The number of carbonyl (C=O) groups is 1. The number of aryl methyl sites for hydroxylation is 1. The van der Waals surface area contributed by atoms with Crippen molar-refractivity contribution in [2.75, 3.05) is 18.5 Å². The van der Waals surface area contributed by atoms with E-state index in [0.717, 1.165) is 30.7 Å². The Labute approximate surface area is 143 Å². The van der Waals surface area contributed by atoms with Gasteiger partial charge in [0.05, 0.1) is 6.10 Å². The Bertz CT molecular complexity index is 649. The summed E-state index contributed by atoms with van der Waals surface area (Å²) in [6, 6.07) is 17.3. The van der Waals surface area contributed by atoms with Crippen LogP contribution in [0.15, 0.2) is 54.6 Å². The number of hydrogen-bond donors (Lipinski definition) is 2. The third-order valence-electron chi connectivity index (χ3n) is 4.29. The van der Waals surface area contributed by atoms with Crippen LogP contribution in [0.2, 0.25) is 0 Å². The van der Waals surface area contributed by atoms with Gasteiger partial charge in [0.15, 0.2) is 0 Å². The van der Waals surface area contributed by atoms with E-state index in [0.29, 0.717) is 6.54 Å². The molecule has 0 saturated carbocycles. The summed E-state index contributed by atoms with van der Waals surface area (Å²) in [6.07, 6.45) is 2.34. The number of benzene rings is 2. The summed E-state index contributed by atoms with van der Waals surface area (Å²) < 4.78 is 5.66. The zero-order valence-electron chi connectivity index (χ0n) is 14.0. The Kier molecular flexibility index (Phi) is 5.62. The molecule has 3 rings (SSSR count). The minimum absolute atomic E-state index is 0.0527. The first-order chi connectivity index (χ1) is 11.7. The first-order valence-corrected chi connectivity index (χ1v) is 8.50. The van der Waals surface area contributed by atoms with E-state index in [4.69, 9.17) is 4.74 Å². The Morgan fingerprint density at radius 1 is 1.17 bits per heavy atom. The van der Waals surface area contributed by atoms with Gasteiger partial charge >= 0.3 is 0 Å². The van der Waals surface area contributed by atoms with Crippen LogP contribution < -0.4 is 10.6 Å². The zero-order chi connectivity index (χ0) is 16.8. The van der Waals surface area contributed by atoms with Gasteiger partial charge in [0, 0.05) is 18.8 Å². The molecule has 0 aliphatic carbocycles. The lowest BCUT2D eigenvalue weighted by Gasteiger charge is -2.21. The van der Waals surface area contributed by atoms with Crippen molar-refractivity contribution >= 4 is 11.6 Å². The fourth-order valence-electron chi connectivity index (χ4n) is 2.91. The fourth-order valence-corrected chi connectivity index (χ4v) is 2.91. The van der Waals surface area contributed by atoms with Gasteiger partial charge in [-0.1, -0.05) is 48.0 Å². The van der Waals surface area contributed by atoms with Crippen molar-refractivity contribution in [3.8, 4) is 0 Å². The van der Waals surface area contributed by atoms with E-state index in [2.05, 4.69) is 10.6 Å². The molecule has 1 saturated heterocycles. The largest absolute Gasteiger partial charge is 0.377 e. The van der Waals surface area contributed by atoms with Gasteiger partial charge < -0.3 is 10.1 Å². The highest BCUT2D eigenvalue weighted by Gasteiger charge is 2.23. The molecule has 2 aromatic rings. The van der Waals surface area contributed by atoms with Crippen LogP contribution >= 0.6 is 0 Å². The summed E-state index contributed by atoms with van der Waals surface area (Å²) >= 11 is 0. The van der Waals surface area contributed by atoms with Gasteiger partial charge in [-0.05, 0) is 37.5 Å². The van der Waals surface area contributed by atoms with Crippen LogP contribution in [0.3, 0.4) is 0 Å². The Morgan fingerprint density at radius 3 is 2.58 bits per heavy atom. The summed E-state index contributed by atoms with van der Waals surface area (Å²) in [5.41, 5.74) is 2.94. The molecule has 0 unspecified atom stereocenters. The molecule has 4 heteroatoms. The lowest BCUT2D eigenvalue weighted by atomic mass is 10.1. The van der Waals surface area contributed by atoms with Crippen molar-refractivity contribution in [1.82, 2.24) is 5.32 Å². The smallest absolute Gasteiger partial charge is 0.246 e. The van der Waals surface area contributed by atoms with Gasteiger partial charge in [-0.15, -0.1) is 0 Å². The third-order valence-corrected chi connectivity index (χ3v) is 4.29. The van der Waals surface area contributed by atoms with E-state index in [1.54, 1.807) is 0 Å². The van der Waals surface area contributed by atoms with E-state index in [1.807, 2.05) is 61.5 Å². The van der Waals surface area contributed by atoms with Crippen LogP contribution in [-0.2, 0) is 9.53 Å². The number of nitrogens with one attached hydrogen (secondary N) is 2. The van der Waals surface area contributed by atoms with Crippen molar-refractivity contribution in [1.29, 1.82) is 0 Å². The minimum Gasteiger partial charge on any atom is -0.377 e. The summed E-state index contributed by atoms with van der Waals surface area (Å²) in [6.45, 7) is 3.53. The maximum absolute atomic E-state index is 12.8. The molecule has 126 valence electrons. The molecule has 2 aromatic carbocycles. The summed E-state index contributed by atoms with van der Waals surface area (Å²) in [4.78, 5) is 12.8. The number of carbonyl (C=O) groups excluding carboxylic acids is 1. The van der Waals surface area contributed by atoms with Crippen LogP contribution in [0.1, 0.15) is 30.0 Å². The highest BCUT2D eigenvalue weighted by molar-refractivity contribution is 5.95. The average Bonchev–Trinajstić information content (AvgIpc) is 3.12. The first kappa shape index (κ1) is 16.7. The molecule has 0 spiro atoms. The van der Waals surface area contributed by atoms with Gasteiger partial charge in [0.2, 0.25) is 5.91 Å². The molecule has 0 bridgehead atoms. The quantitative estimate of drug-likeness (QED) is 0.856. The van der Waals surface area contributed by atoms with Crippen LogP contribution in [0, 0.1) is 6.92 Å². The lowest BCUT2D eigenvalue weighted by molar-refractivity contribution is -0.118. The number of ether oxygens (including phenoxy) is 1. The molecule has 2 atom stereocenters. The predicted molar refractivity (Wildman–Crippen MR) is 96.0 cm³/mol. The van der Waals surface area contributed by atoms with Crippen molar-refractivity contribution in [3.05, 3.63) is 65.7 Å². The molecule has 1 aliphatic heterocycles. The van der Waals surface area contributed by atoms with Gasteiger partial charge in [0.25, 0.3) is 0 Å². The van der Waals surface area contributed by atoms with Crippen molar-refractivity contribution in [2.45, 2.75) is 31.9 Å². The van der Waals surface area contributed by atoms with Crippen LogP contribution in [0.5, 0.6) is 0 Å². The van der Waals surface area contributed by atoms with E-state index in [9.17, 15) is 4.79 Å². The molecule has 1 fully saturated rings. The Morgan fingerprint density at radius 2 is 1.92 bits per heavy atom. The van der Waals surface area contributed by atoms with Crippen LogP contribution in [-0.4, -0.2) is 25.2 Å². The SMILES string of the molecule is Cc1ccc(NC(=O)[C@@H](NC[C@H]2CCCO2)c2ccccc2)cc1. The van der Waals surface area contributed by atoms with Crippen molar-refractivity contribution < 1.29 is 9.53 Å². The van der Waals surface area contributed by atoms with Crippen molar-refractivity contribution in [2.24, 2.45) is 0 Å². The third kappa shape index (κ3) is 4.43. The molecule has 4 nitrogen and oxygen atoms in total. The second kappa shape index (κ2) is 8.08. The van der Waals surface area contributed by atoms with Crippen LogP contribution in [0.4, 0.5) is 5.69 Å². The topological polar surface area (TPSA) is 50.4 Å². The molecule has 0 aromatic heterocycles. The molecule has 2 N–H and O–H groups in total. The maximum Gasteiger partial charge on any atom is 0.246 e. The highest BCUT2D eigenvalue weighted by atomic mass is 16.5. The minimum atomic E-state index is -0.392. The second-order valence-electron chi connectivity index (χ2n) is 6.24. The lowest BCUT2D eigenvalue weighted by Crippen LogP contribution is -2.37. The Balaban J connectivity index is 1.70. The maximum atomic E-state index is 12.8. The fraction of sp³-hybridized carbons (Fsp3) is 0.350. The average molecular weight is 324 g/mol. The Hall–Kier alpha value is -2.17. The van der Waals surface area contributed by atoms with Crippen molar-refractivity contribution in [3.63, 3.8) is 0 Å². The summed E-state index contributed by atoms with van der Waals surface area (Å²) in [5.74, 6) is -0.0527. The zero-order valence-corrected chi connectivity index (χ0v) is 14.0. The van der Waals surface area contributed by atoms with E-state index < -0.39 is 6.04 Å². The normalized spacial score (nSPS) is 18.3. The highest BCUT2D eigenvalue weighted by Crippen LogP contribution is 2.18. The first-order valence-electron chi connectivity index (χ1n) is 8.50. The summed E-state index contributed by atoms with van der Waals surface area (Å²) in [7, 11) is 0. The van der Waals surface area contributed by atoms with Gasteiger partial charge in [0.1, 0.15) is 6.04 Å². The predicted octanol–water partition coefficient (Wildman–Crippen LogP) is 3.44. The molecule has 1 aliphatic rings. The second-order valence-corrected chi connectivity index (χ2v) is 6.24. The monoisotopic (exact) mass is 324 g/mol. The molecule has 1 heterocycles. The number of hydrogen-bond acceptors (Lipinski definition) is 3. The molecule has 24 heavy (non-hydrogen) atoms. The van der Waals surface area contributed by atoms with E-state index in [-0.39, 0.29) is 12.0 Å². The van der Waals surface area contributed by atoms with E-state index >= 15 is 0 Å². The number of rotatable bonds is 6. The number of anilines is 1. The van der Waals surface area contributed by atoms with E-state index in [1.165, 1.54) is 5.56 Å². The van der Waals surface area contributed by atoms with Gasteiger partial charge in [-0.2, -0.15) is 0 Å². The molecular weight excluding hydrogens is 300 g/mol. The summed E-state index contributed by atoms with van der Waals surface area (Å²) in [5, 5.41) is 6.37. The molecule has 1 amide bonds. The number of amides is 1. The standard InChI is InChI=1S/C20H24N2O2/c1-15-9-11-17(12-10-15)22-20(23)19(16-6-3-2-4-7-16)21-14-18-8-5-13-24-18/h2-4,6-7,9-12,18-19,21H,5,8,13-14H2,1H3,(H,22,23)/t18-,19+/m1/s1. The van der Waals surface area contributed by atoms with Gasteiger partial charge in [-0.3, -0.25) is 10.1 Å². The van der Waals surface area contributed by atoms with Gasteiger partial charge in [-0.25, -0.2) is 0 Å². The molecular formula is C20H24N2O2.